The fourth-order valence-electron chi connectivity index (χ4n) is 3.70. The third kappa shape index (κ3) is 4.04. The van der Waals surface area contributed by atoms with Crippen molar-refractivity contribution in [3.05, 3.63) is 35.9 Å². The number of hydrogen-bond donors (Lipinski definition) is 0. The van der Waals surface area contributed by atoms with Crippen molar-refractivity contribution in [1.29, 1.82) is 0 Å². The Labute approximate surface area is 153 Å². The van der Waals surface area contributed by atoms with E-state index < -0.39 is 0 Å². The molecule has 5 rings (SSSR count). The zero-order valence-electron chi connectivity index (χ0n) is 14.5. The van der Waals surface area contributed by atoms with Crippen LogP contribution in [0.5, 0.6) is 0 Å². The van der Waals surface area contributed by atoms with E-state index in [1.165, 1.54) is 0 Å². The largest absolute Gasteiger partial charge is 0.368 e. The SMILES string of the molecule is CO[C@H]1O[C@@H]2CS[C@H]1[C@H](OC1CCCCO1)[C@@H]2OCc1ccccc1. The molecule has 4 heterocycles. The summed E-state index contributed by atoms with van der Waals surface area (Å²) >= 11 is 1.86. The van der Waals surface area contributed by atoms with E-state index >= 15 is 0 Å². The maximum Gasteiger partial charge on any atom is 0.172 e. The summed E-state index contributed by atoms with van der Waals surface area (Å²) in [5, 5.41) is 0.112. The summed E-state index contributed by atoms with van der Waals surface area (Å²) in [6.45, 7) is 1.34. The highest BCUT2D eigenvalue weighted by atomic mass is 32.2. The average Bonchev–Trinajstić information content (AvgIpc) is 2.69. The van der Waals surface area contributed by atoms with Crippen LogP contribution in [0.3, 0.4) is 0 Å². The van der Waals surface area contributed by atoms with Gasteiger partial charge in [-0.3, -0.25) is 0 Å². The maximum atomic E-state index is 6.37. The monoisotopic (exact) mass is 366 g/mol. The number of ether oxygens (including phenoxy) is 5. The molecule has 0 radical (unpaired) electrons. The Kier molecular flexibility index (Phi) is 5.95. The molecule has 0 spiro atoms. The first kappa shape index (κ1) is 17.8. The number of benzene rings is 1. The van der Waals surface area contributed by atoms with Gasteiger partial charge in [0.25, 0.3) is 0 Å². The van der Waals surface area contributed by atoms with Gasteiger partial charge >= 0.3 is 0 Å². The van der Waals surface area contributed by atoms with E-state index in [4.69, 9.17) is 23.7 Å². The van der Waals surface area contributed by atoms with Gasteiger partial charge in [0.2, 0.25) is 0 Å². The van der Waals surface area contributed by atoms with Gasteiger partial charge in [-0.15, -0.1) is 11.8 Å². The molecule has 0 aromatic heterocycles. The molecule has 6 heteroatoms. The van der Waals surface area contributed by atoms with Crippen molar-refractivity contribution in [3.63, 3.8) is 0 Å². The van der Waals surface area contributed by atoms with Gasteiger partial charge in [-0.25, -0.2) is 0 Å². The van der Waals surface area contributed by atoms with Crippen LogP contribution >= 0.6 is 11.8 Å². The second kappa shape index (κ2) is 8.37. The third-order valence-corrected chi connectivity index (χ3v) is 6.40. The van der Waals surface area contributed by atoms with Gasteiger partial charge in [0, 0.05) is 19.5 Å². The molecule has 4 saturated heterocycles. The predicted octanol–water partition coefficient (Wildman–Crippen LogP) is 2.97. The molecule has 0 saturated carbocycles. The van der Waals surface area contributed by atoms with Crippen LogP contribution in [0, 0.1) is 0 Å². The first-order valence-corrected chi connectivity index (χ1v) is 10.1. The molecule has 0 N–H and O–H groups in total. The Balaban J connectivity index is 1.46. The lowest BCUT2D eigenvalue weighted by molar-refractivity contribution is -0.288. The summed E-state index contributed by atoms with van der Waals surface area (Å²) in [4.78, 5) is 0. The van der Waals surface area contributed by atoms with Gasteiger partial charge in [0.1, 0.15) is 12.2 Å². The Hall–Kier alpha value is -0.630. The summed E-state index contributed by atoms with van der Waals surface area (Å²) in [6, 6.07) is 10.2. The quantitative estimate of drug-likeness (QED) is 0.771. The lowest BCUT2D eigenvalue weighted by Gasteiger charge is -2.50. The van der Waals surface area contributed by atoms with Crippen LogP contribution in [0.25, 0.3) is 0 Å². The number of fused-ring (bicyclic) bond motifs is 3. The van der Waals surface area contributed by atoms with Crippen LogP contribution in [0.2, 0.25) is 0 Å². The van der Waals surface area contributed by atoms with E-state index in [9.17, 15) is 0 Å². The molecular weight excluding hydrogens is 340 g/mol. The van der Waals surface area contributed by atoms with Crippen molar-refractivity contribution >= 4 is 11.8 Å². The number of methoxy groups -OCH3 is 1. The molecule has 1 unspecified atom stereocenters. The third-order valence-electron chi connectivity index (χ3n) is 5.01. The van der Waals surface area contributed by atoms with Gasteiger partial charge in [-0.2, -0.15) is 0 Å². The normalized spacial score (nSPS) is 38.0. The first-order chi connectivity index (χ1) is 12.3. The van der Waals surface area contributed by atoms with E-state index in [1.807, 2.05) is 30.0 Å². The Morgan fingerprint density at radius 1 is 1.16 bits per heavy atom. The molecule has 0 amide bonds. The van der Waals surface area contributed by atoms with E-state index in [-0.39, 0.29) is 36.1 Å². The van der Waals surface area contributed by atoms with Crippen LogP contribution in [-0.2, 0) is 30.3 Å². The summed E-state index contributed by atoms with van der Waals surface area (Å²) < 4.78 is 30.0. The average molecular weight is 366 g/mol. The molecule has 2 bridgehead atoms. The highest BCUT2D eigenvalue weighted by Crippen LogP contribution is 2.42. The molecule has 1 aromatic carbocycles. The lowest BCUT2D eigenvalue weighted by Crippen LogP contribution is -2.64. The van der Waals surface area contributed by atoms with Crippen LogP contribution < -0.4 is 0 Å². The van der Waals surface area contributed by atoms with Crippen molar-refractivity contribution in [1.82, 2.24) is 0 Å². The predicted molar refractivity (Wildman–Crippen MR) is 95.4 cm³/mol. The fraction of sp³-hybridized carbons (Fsp3) is 0.684. The Morgan fingerprint density at radius 2 is 2.04 bits per heavy atom. The van der Waals surface area contributed by atoms with E-state index in [0.29, 0.717) is 6.61 Å². The summed E-state index contributed by atoms with van der Waals surface area (Å²) in [7, 11) is 1.69. The number of thioether (sulfide) groups is 1. The van der Waals surface area contributed by atoms with E-state index in [2.05, 4.69) is 12.1 Å². The second-order valence-electron chi connectivity index (χ2n) is 6.73. The van der Waals surface area contributed by atoms with Crippen molar-refractivity contribution in [2.45, 2.75) is 62.0 Å². The molecule has 1 aromatic rings. The summed E-state index contributed by atoms with van der Waals surface area (Å²) in [6.07, 6.45) is 2.65. The lowest BCUT2D eigenvalue weighted by atomic mass is 10.00. The van der Waals surface area contributed by atoms with Crippen molar-refractivity contribution in [3.8, 4) is 0 Å². The van der Waals surface area contributed by atoms with E-state index in [1.54, 1.807) is 7.11 Å². The number of hydrogen-bond acceptors (Lipinski definition) is 6. The van der Waals surface area contributed by atoms with Crippen LogP contribution in [-0.4, -0.2) is 55.6 Å². The highest BCUT2D eigenvalue weighted by molar-refractivity contribution is 8.00. The zero-order chi connectivity index (χ0) is 17.1. The van der Waals surface area contributed by atoms with Crippen molar-refractivity contribution in [2.75, 3.05) is 19.5 Å². The van der Waals surface area contributed by atoms with Crippen molar-refractivity contribution in [2.24, 2.45) is 0 Å². The topological polar surface area (TPSA) is 46.2 Å². The van der Waals surface area contributed by atoms with Gasteiger partial charge < -0.3 is 23.7 Å². The van der Waals surface area contributed by atoms with Crippen LogP contribution in [0.4, 0.5) is 0 Å². The minimum absolute atomic E-state index is 0.0164. The molecule has 0 aliphatic carbocycles. The zero-order valence-corrected chi connectivity index (χ0v) is 15.4. The van der Waals surface area contributed by atoms with Gasteiger partial charge in [-0.1, -0.05) is 30.3 Å². The molecule has 4 aliphatic rings. The molecule has 138 valence electrons. The van der Waals surface area contributed by atoms with Gasteiger partial charge in [-0.05, 0) is 24.8 Å². The minimum atomic E-state index is -0.242. The summed E-state index contributed by atoms with van der Waals surface area (Å²) in [5.74, 6) is 0.912. The van der Waals surface area contributed by atoms with Crippen LogP contribution in [0.15, 0.2) is 30.3 Å². The Bertz CT molecular complexity index is 536. The molecule has 4 fully saturated rings. The molecule has 4 aliphatic heterocycles. The van der Waals surface area contributed by atoms with Crippen molar-refractivity contribution < 1.29 is 23.7 Å². The second-order valence-corrected chi connectivity index (χ2v) is 7.95. The highest BCUT2D eigenvalue weighted by Gasteiger charge is 2.53. The number of rotatable bonds is 6. The molecule has 6 atom stereocenters. The molecule has 25 heavy (non-hydrogen) atoms. The van der Waals surface area contributed by atoms with E-state index in [0.717, 1.165) is 37.2 Å². The standard InChI is InChI=1S/C19H26O5S/c1-20-19-18-17(24-15-9-5-6-10-21-15)16(14(23-19)12-25-18)22-11-13-7-3-2-4-8-13/h2-4,7-8,14-19H,5-6,9-12H2,1H3/t14-,15?,16-,17-,18+,19+/m1/s1. The molecule has 5 nitrogen and oxygen atoms in total. The summed E-state index contributed by atoms with van der Waals surface area (Å²) in [5.41, 5.74) is 1.16. The van der Waals surface area contributed by atoms with Gasteiger partial charge in [0.05, 0.1) is 18.0 Å². The van der Waals surface area contributed by atoms with Crippen LogP contribution in [0.1, 0.15) is 24.8 Å². The Morgan fingerprint density at radius 3 is 2.80 bits per heavy atom. The maximum absolute atomic E-state index is 6.37. The minimum Gasteiger partial charge on any atom is -0.368 e. The smallest absolute Gasteiger partial charge is 0.172 e. The van der Waals surface area contributed by atoms with Gasteiger partial charge in [0.15, 0.2) is 12.6 Å². The first-order valence-electron chi connectivity index (χ1n) is 9.07. The molecular formula is C19H26O5S. The fourth-order valence-corrected chi connectivity index (χ4v) is 5.12.